The first kappa shape index (κ1) is 13.1. The van der Waals surface area contributed by atoms with Crippen molar-refractivity contribution in [2.45, 2.75) is 40.0 Å². The van der Waals surface area contributed by atoms with Gasteiger partial charge in [0.25, 0.3) is 0 Å². The van der Waals surface area contributed by atoms with Gasteiger partial charge in [-0.15, -0.1) is 0 Å². The molecule has 2 N–H and O–H groups in total. The number of hydrogen-bond acceptors (Lipinski definition) is 2. The molecule has 2 rings (SSSR count). The van der Waals surface area contributed by atoms with Gasteiger partial charge in [-0.25, -0.2) is 0 Å². The van der Waals surface area contributed by atoms with Gasteiger partial charge in [-0.2, -0.15) is 0 Å². The highest BCUT2D eigenvalue weighted by Crippen LogP contribution is 2.50. The normalized spacial score (nSPS) is 40.6. The van der Waals surface area contributed by atoms with Crippen LogP contribution in [-0.4, -0.2) is 23.4 Å². The maximum Gasteiger partial charge on any atom is 0.0500 e. The molecule has 1 saturated carbocycles. The molecule has 2 nitrogen and oxygen atoms in total. The Morgan fingerprint density at radius 2 is 1.94 bits per heavy atom. The van der Waals surface area contributed by atoms with E-state index >= 15 is 0 Å². The second kappa shape index (κ2) is 4.74. The van der Waals surface area contributed by atoms with E-state index in [9.17, 15) is 10.2 Å². The van der Waals surface area contributed by atoms with Crippen molar-refractivity contribution in [3.63, 3.8) is 0 Å². The summed E-state index contributed by atoms with van der Waals surface area (Å²) in [5.74, 6) is 1.76. The molecule has 98 valence electrons. The van der Waals surface area contributed by atoms with E-state index in [0.29, 0.717) is 11.8 Å². The van der Waals surface area contributed by atoms with Gasteiger partial charge in [0.2, 0.25) is 0 Å². The SMILES string of the molecule is C[C@H]1CC[C@H](CO)[C@H](CO)C2=CC(C)(C)C[C@H]21. The molecule has 0 saturated heterocycles. The van der Waals surface area contributed by atoms with Gasteiger partial charge >= 0.3 is 0 Å². The Kier molecular flexibility index (Phi) is 3.65. The van der Waals surface area contributed by atoms with E-state index in [1.54, 1.807) is 0 Å². The zero-order valence-corrected chi connectivity index (χ0v) is 11.3. The van der Waals surface area contributed by atoms with E-state index in [1.165, 1.54) is 18.4 Å². The standard InChI is InChI=1S/C15H26O2/c1-10-4-5-11(8-16)14(9-17)13-7-15(2,3)6-12(10)13/h7,10-12,14,16-17H,4-6,8-9H2,1-3H3/t10-,11+,12-,14-/m0/s1. The van der Waals surface area contributed by atoms with Crippen molar-refractivity contribution in [2.24, 2.45) is 29.1 Å². The fourth-order valence-corrected chi connectivity index (χ4v) is 3.84. The third-order valence-corrected chi connectivity index (χ3v) is 4.84. The van der Waals surface area contributed by atoms with E-state index in [4.69, 9.17) is 0 Å². The summed E-state index contributed by atoms with van der Waals surface area (Å²) in [6.07, 6.45) is 5.82. The summed E-state index contributed by atoms with van der Waals surface area (Å²) >= 11 is 0. The number of hydrogen-bond donors (Lipinski definition) is 2. The lowest BCUT2D eigenvalue weighted by molar-refractivity contribution is 0.134. The highest BCUT2D eigenvalue weighted by Gasteiger charge is 2.42. The van der Waals surface area contributed by atoms with Gasteiger partial charge in [0.05, 0.1) is 0 Å². The molecule has 4 atom stereocenters. The van der Waals surface area contributed by atoms with Crippen molar-refractivity contribution >= 4 is 0 Å². The van der Waals surface area contributed by atoms with Crippen LogP contribution in [0.15, 0.2) is 11.6 Å². The molecule has 0 aromatic rings. The predicted molar refractivity (Wildman–Crippen MR) is 69.5 cm³/mol. The zero-order chi connectivity index (χ0) is 12.6. The molecule has 2 aliphatic carbocycles. The minimum atomic E-state index is 0.191. The van der Waals surface area contributed by atoms with Crippen LogP contribution in [0.2, 0.25) is 0 Å². The van der Waals surface area contributed by atoms with Gasteiger partial charge in [0.1, 0.15) is 0 Å². The summed E-state index contributed by atoms with van der Waals surface area (Å²) in [5, 5.41) is 19.2. The lowest BCUT2D eigenvalue weighted by Crippen LogP contribution is -2.24. The fraction of sp³-hybridized carbons (Fsp3) is 0.867. The molecule has 0 amide bonds. The molecule has 0 aromatic carbocycles. The molecule has 0 unspecified atom stereocenters. The maximum atomic E-state index is 9.67. The van der Waals surface area contributed by atoms with Gasteiger partial charge in [-0.1, -0.05) is 32.4 Å². The van der Waals surface area contributed by atoms with Crippen LogP contribution >= 0.6 is 0 Å². The van der Waals surface area contributed by atoms with E-state index < -0.39 is 0 Å². The molecule has 0 heterocycles. The average Bonchev–Trinajstić information content (AvgIpc) is 2.54. The Bertz CT molecular complexity index is 306. The van der Waals surface area contributed by atoms with Crippen molar-refractivity contribution in [3.8, 4) is 0 Å². The Labute approximate surface area is 105 Å². The highest BCUT2D eigenvalue weighted by molar-refractivity contribution is 5.24. The Morgan fingerprint density at radius 1 is 1.24 bits per heavy atom. The summed E-state index contributed by atoms with van der Waals surface area (Å²) in [6, 6.07) is 0. The lowest BCUT2D eigenvalue weighted by Gasteiger charge is -2.26. The molecule has 0 aromatic heterocycles. The van der Waals surface area contributed by atoms with Crippen molar-refractivity contribution in [1.82, 2.24) is 0 Å². The molecule has 0 radical (unpaired) electrons. The first-order valence-corrected chi connectivity index (χ1v) is 6.93. The first-order chi connectivity index (χ1) is 7.98. The van der Waals surface area contributed by atoms with Crippen molar-refractivity contribution in [2.75, 3.05) is 13.2 Å². The molecule has 0 aliphatic heterocycles. The lowest BCUT2D eigenvalue weighted by atomic mass is 9.80. The molecule has 1 fully saturated rings. The molecular formula is C15H26O2. The minimum absolute atomic E-state index is 0.191. The molecule has 2 heteroatoms. The molecular weight excluding hydrogens is 212 g/mol. The van der Waals surface area contributed by atoms with Gasteiger partial charge < -0.3 is 10.2 Å². The van der Waals surface area contributed by atoms with Gasteiger partial charge in [0.15, 0.2) is 0 Å². The highest BCUT2D eigenvalue weighted by atomic mass is 16.3. The summed E-state index contributed by atoms with van der Waals surface area (Å²) in [6.45, 7) is 7.29. The molecule has 17 heavy (non-hydrogen) atoms. The third kappa shape index (κ3) is 2.43. The van der Waals surface area contributed by atoms with Crippen LogP contribution in [0.5, 0.6) is 0 Å². The minimum Gasteiger partial charge on any atom is -0.396 e. The van der Waals surface area contributed by atoms with Crippen LogP contribution in [-0.2, 0) is 0 Å². The van der Waals surface area contributed by atoms with Crippen LogP contribution in [0.25, 0.3) is 0 Å². The first-order valence-electron chi connectivity index (χ1n) is 6.93. The van der Waals surface area contributed by atoms with Gasteiger partial charge in [-0.05, 0) is 42.4 Å². The number of aliphatic hydroxyl groups is 2. The number of aliphatic hydroxyl groups excluding tert-OH is 2. The summed E-state index contributed by atoms with van der Waals surface area (Å²) < 4.78 is 0. The second-order valence-corrected chi connectivity index (χ2v) is 6.73. The van der Waals surface area contributed by atoms with Crippen molar-refractivity contribution in [1.29, 1.82) is 0 Å². The molecule has 2 aliphatic rings. The molecule has 0 bridgehead atoms. The van der Waals surface area contributed by atoms with Crippen LogP contribution < -0.4 is 0 Å². The quantitative estimate of drug-likeness (QED) is 0.726. The van der Waals surface area contributed by atoms with Crippen molar-refractivity contribution in [3.05, 3.63) is 11.6 Å². The smallest absolute Gasteiger partial charge is 0.0500 e. The summed E-state index contributed by atoms with van der Waals surface area (Å²) in [7, 11) is 0. The van der Waals surface area contributed by atoms with E-state index in [-0.39, 0.29) is 30.5 Å². The molecule has 0 spiro atoms. The summed E-state index contributed by atoms with van der Waals surface area (Å²) in [5.41, 5.74) is 1.69. The Hall–Kier alpha value is -0.340. The average molecular weight is 238 g/mol. The number of rotatable bonds is 2. The maximum absolute atomic E-state index is 9.67. The topological polar surface area (TPSA) is 40.5 Å². The number of fused-ring (bicyclic) bond motifs is 1. The second-order valence-electron chi connectivity index (χ2n) is 6.73. The van der Waals surface area contributed by atoms with Crippen LogP contribution in [0, 0.1) is 29.1 Å². The van der Waals surface area contributed by atoms with Gasteiger partial charge in [-0.3, -0.25) is 0 Å². The zero-order valence-electron chi connectivity index (χ0n) is 11.3. The van der Waals surface area contributed by atoms with Crippen molar-refractivity contribution < 1.29 is 10.2 Å². The van der Waals surface area contributed by atoms with Gasteiger partial charge in [0, 0.05) is 19.1 Å². The fourth-order valence-electron chi connectivity index (χ4n) is 3.84. The van der Waals surface area contributed by atoms with E-state index in [2.05, 4.69) is 26.8 Å². The van der Waals surface area contributed by atoms with Crippen LogP contribution in [0.1, 0.15) is 40.0 Å². The van der Waals surface area contributed by atoms with E-state index in [0.717, 1.165) is 6.42 Å². The van der Waals surface area contributed by atoms with Crippen LogP contribution in [0.3, 0.4) is 0 Å². The predicted octanol–water partition coefficient (Wildman–Crippen LogP) is 2.61. The largest absolute Gasteiger partial charge is 0.396 e. The number of allylic oxidation sites excluding steroid dienone is 1. The van der Waals surface area contributed by atoms with Crippen LogP contribution in [0.4, 0.5) is 0 Å². The van der Waals surface area contributed by atoms with E-state index in [1.807, 2.05) is 0 Å². The Morgan fingerprint density at radius 3 is 2.53 bits per heavy atom. The third-order valence-electron chi connectivity index (χ3n) is 4.84. The summed E-state index contributed by atoms with van der Waals surface area (Å²) in [4.78, 5) is 0. The Balaban J connectivity index is 2.33. The monoisotopic (exact) mass is 238 g/mol.